The first-order chi connectivity index (χ1) is 13.3. The van der Waals surface area contributed by atoms with E-state index in [0.29, 0.717) is 22.3 Å². The van der Waals surface area contributed by atoms with Crippen molar-refractivity contribution in [1.29, 1.82) is 5.26 Å². The van der Waals surface area contributed by atoms with Crippen LogP contribution in [0.25, 0.3) is 17.4 Å². The van der Waals surface area contributed by atoms with E-state index in [2.05, 4.69) is 14.7 Å². The van der Waals surface area contributed by atoms with Gasteiger partial charge in [0.2, 0.25) is 15.0 Å². The number of nitriles is 1. The van der Waals surface area contributed by atoms with Gasteiger partial charge in [-0.1, -0.05) is 23.7 Å². The number of nitrogens with one attached hydrogen (secondary N) is 1. The molecule has 3 aromatic rings. The van der Waals surface area contributed by atoms with E-state index in [1.807, 2.05) is 6.07 Å². The number of carbonyl (C=O) groups is 1. The van der Waals surface area contributed by atoms with Gasteiger partial charge in [-0.2, -0.15) is 14.6 Å². The van der Waals surface area contributed by atoms with E-state index in [0.717, 1.165) is 11.8 Å². The molecule has 1 amide bonds. The number of nitrogens with zero attached hydrogens (tertiary/aromatic N) is 3. The fraction of sp³-hybridized carbons (Fsp3) is 0.0588. The smallest absolute Gasteiger partial charge is 0.268 e. The number of carbonyl (C=O) groups excluding carboxylic acids is 1. The number of benzene rings is 1. The second-order valence-electron chi connectivity index (χ2n) is 5.49. The highest BCUT2D eigenvalue weighted by Gasteiger charge is 2.18. The largest absolute Gasteiger partial charge is 0.457 e. The van der Waals surface area contributed by atoms with Crippen LogP contribution in [0.1, 0.15) is 5.76 Å². The van der Waals surface area contributed by atoms with Crippen molar-refractivity contribution in [2.75, 3.05) is 11.6 Å². The number of sulfone groups is 1. The van der Waals surface area contributed by atoms with Crippen LogP contribution in [0.15, 0.2) is 51.5 Å². The molecule has 0 aliphatic heterocycles. The van der Waals surface area contributed by atoms with Gasteiger partial charge in [0.25, 0.3) is 11.1 Å². The van der Waals surface area contributed by atoms with Gasteiger partial charge in [0.1, 0.15) is 23.2 Å². The van der Waals surface area contributed by atoms with E-state index in [-0.39, 0.29) is 16.5 Å². The molecule has 1 N–H and O–H groups in total. The van der Waals surface area contributed by atoms with Crippen molar-refractivity contribution in [3.63, 3.8) is 0 Å². The average Bonchev–Trinajstić information content (AvgIpc) is 3.28. The Morgan fingerprint density at radius 2 is 2.14 bits per heavy atom. The monoisotopic (exact) mass is 434 g/mol. The molecule has 1 aromatic carbocycles. The van der Waals surface area contributed by atoms with Crippen molar-refractivity contribution < 1.29 is 17.6 Å². The Balaban J connectivity index is 1.79. The SMILES string of the molecule is CS(=O)(=O)c1nsc(NC(=O)C(C#N)=Cc2ccc(-c3cccc(Cl)c3)o2)n1. The Bertz CT molecular complexity index is 1220. The number of amides is 1. The molecule has 0 aliphatic carbocycles. The summed E-state index contributed by atoms with van der Waals surface area (Å²) in [5.41, 5.74) is 0.500. The summed E-state index contributed by atoms with van der Waals surface area (Å²) >= 11 is 6.66. The molecule has 0 radical (unpaired) electrons. The predicted octanol–water partition coefficient (Wildman–Crippen LogP) is 3.40. The Morgan fingerprint density at radius 3 is 2.79 bits per heavy atom. The number of halogens is 1. The zero-order valence-electron chi connectivity index (χ0n) is 14.2. The van der Waals surface area contributed by atoms with Crippen molar-refractivity contribution in [1.82, 2.24) is 9.36 Å². The van der Waals surface area contributed by atoms with Gasteiger partial charge in [-0.15, -0.1) is 0 Å². The molecule has 0 saturated heterocycles. The Hall–Kier alpha value is -3.00. The molecule has 3 rings (SSSR count). The van der Waals surface area contributed by atoms with E-state index in [1.165, 1.54) is 6.08 Å². The van der Waals surface area contributed by atoms with E-state index >= 15 is 0 Å². The van der Waals surface area contributed by atoms with Gasteiger partial charge in [-0.05, 0) is 24.3 Å². The lowest BCUT2D eigenvalue weighted by molar-refractivity contribution is -0.112. The molecule has 0 atom stereocenters. The highest BCUT2D eigenvalue weighted by Crippen LogP contribution is 2.26. The van der Waals surface area contributed by atoms with Crippen molar-refractivity contribution in [2.45, 2.75) is 5.16 Å². The van der Waals surface area contributed by atoms with E-state index in [9.17, 15) is 18.5 Å². The predicted molar refractivity (Wildman–Crippen MR) is 104 cm³/mol. The molecule has 28 heavy (non-hydrogen) atoms. The van der Waals surface area contributed by atoms with Crippen LogP contribution in [0.2, 0.25) is 5.02 Å². The molecule has 11 heteroatoms. The quantitative estimate of drug-likeness (QED) is 0.481. The summed E-state index contributed by atoms with van der Waals surface area (Å²) in [5.74, 6) is 0.0449. The summed E-state index contributed by atoms with van der Waals surface area (Å²) in [6.07, 6.45) is 2.22. The lowest BCUT2D eigenvalue weighted by Crippen LogP contribution is -2.13. The Morgan fingerprint density at radius 1 is 1.36 bits per heavy atom. The Labute approximate surface area is 169 Å². The highest BCUT2D eigenvalue weighted by molar-refractivity contribution is 7.90. The van der Waals surface area contributed by atoms with Crippen LogP contribution in [0, 0.1) is 11.3 Å². The van der Waals surface area contributed by atoms with Crippen LogP contribution in [0.5, 0.6) is 0 Å². The topological polar surface area (TPSA) is 126 Å². The normalized spacial score (nSPS) is 11.8. The third kappa shape index (κ3) is 4.64. The summed E-state index contributed by atoms with van der Waals surface area (Å²) in [6.45, 7) is 0. The molecular weight excluding hydrogens is 424 g/mol. The molecule has 0 aliphatic rings. The van der Waals surface area contributed by atoms with Crippen LogP contribution in [-0.2, 0) is 14.6 Å². The van der Waals surface area contributed by atoms with Gasteiger partial charge in [0, 0.05) is 34.5 Å². The minimum Gasteiger partial charge on any atom is -0.457 e. The lowest BCUT2D eigenvalue weighted by atomic mass is 10.2. The number of furan rings is 1. The molecular formula is C17H11ClN4O4S2. The van der Waals surface area contributed by atoms with Crippen molar-refractivity contribution in [3.8, 4) is 17.4 Å². The zero-order valence-corrected chi connectivity index (χ0v) is 16.6. The molecule has 0 bridgehead atoms. The second-order valence-corrected chi connectivity index (χ2v) is 8.59. The van der Waals surface area contributed by atoms with Crippen LogP contribution in [0.3, 0.4) is 0 Å². The molecule has 0 spiro atoms. The van der Waals surface area contributed by atoms with Gasteiger partial charge in [-0.3, -0.25) is 10.1 Å². The Kier molecular flexibility index (Phi) is 5.60. The third-order valence-electron chi connectivity index (χ3n) is 3.35. The summed E-state index contributed by atoms with van der Waals surface area (Å²) < 4.78 is 32.1. The fourth-order valence-corrected chi connectivity index (χ4v) is 3.72. The fourth-order valence-electron chi connectivity index (χ4n) is 2.09. The molecule has 2 heterocycles. The van der Waals surface area contributed by atoms with Crippen LogP contribution in [0.4, 0.5) is 5.13 Å². The number of hydrogen-bond donors (Lipinski definition) is 1. The van der Waals surface area contributed by atoms with Crippen molar-refractivity contribution in [3.05, 3.63) is 52.8 Å². The first-order valence-corrected chi connectivity index (χ1v) is 10.6. The van der Waals surface area contributed by atoms with Crippen molar-refractivity contribution >= 4 is 50.1 Å². The standard InChI is InChI=1S/C17H11ClN4O4S2/c1-28(24,25)17-21-16(27-22-17)20-15(23)11(9-19)8-13-5-6-14(26-13)10-3-2-4-12(18)7-10/h2-8H,1H3,(H,20,21,22,23). The van der Waals surface area contributed by atoms with Gasteiger partial charge in [0.15, 0.2) is 0 Å². The minimum absolute atomic E-state index is 0.0364. The molecule has 2 aromatic heterocycles. The lowest BCUT2D eigenvalue weighted by Gasteiger charge is -1.99. The van der Waals surface area contributed by atoms with Crippen molar-refractivity contribution in [2.24, 2.45) is 0 Å². The zero-order chi connectivity index (χ0) is 20.3. The van der Waals surface area contributed by atoms with Crippen LogP contribution in [-0.4, -0.2) is 29.9 Å². The average molecular weight is 435 g/mol. The maximum Gasteiger partial charge on any atom is 0.268 e. The van der Waals surface area contributed by atoms with Gasteiger partial charge < -0.3 is 4.42 Å². The maximum atomic E-state index is 12.3. The van der Waals surface area contributed by atoms with Gasteiger partial charge in [0.05, 0.1) is 0 Å². The third-order valence-corrected chi connectivity index (χ3v) is 5.17. The van der Waals surface area contributed by atoms with Crippen LogP contribution >= 0.6 is 23.1 Å². The minimum atomic E-state index is -3.59. The summed E-state index contributed by atoms with van der Waals surface area (Å²) in [4.78, 5) is 16.0. The highest BCUT2D eigenvalue weighted by atomic mass is 35.5. The van der Waals surface area contributed by atoms with Crippen LogP contribution < -0.4 is 5.32 Å². The van der Waals surface area contributed by atoms with E-state index in [1.54, 1.807) is 36.4 Å². The van der Waals surface area contributed by atoms with Gasteiger partial charge >= 0.3 is 0 Å². The summed E-state index contributed by atoms with van der Waals surface area (Å²) in [7, 11) is -3.59. The summed E-state index contributed by atoms with van der Waals surface area (Å²) in [5, 5.41) is 11.7. The number of aromatic nitrogens is 2. The molecule has 0 saturated carbocycles. The molecule has 0 fully saturated rings. The number of anilines is 1. The second kappa shape index (κ2) is 7.93. The number of hydrogen-bond acceptors (Lipinski definition) is 8. The van der Waals surface area contributed by atoms with E-state index < -0.39 is 20.9 Å². The molecule has 142 valence electrons. The van der Waals surface area contributed by atoms with Gasteiger partial charge in [-0.25, -0.2) is 8.42 Å². The molecule has 8 nitrogen and oxygen atoms in total. The summed E-state index contributed by atoms with van der Waals surface area (Å²) in [6, 6.07) is 12.1. The first kappa shape index (κ1) is 19.8. The van der Waals surface area contributed by atoms with E-state index in [4.69, 9.17) is 16.0 Å². The molecule has 0 unspecified atom stereocenters. The number of rotatable bonds is 5. The maximum absolute atomic E-state index is 12.3. The first-order valence-electron chi connectivity index (χ1n) is 7.59.